The first-order chi connectivity index (χ1) is 12.0. The van der Waals surface area contributed by atoms with Gasteiger partial charge in [0, 0.05) is 18.4 Å². The zero-order valence-electron chi connectivity index (χ0n) is 13.8. The van der Waals surface area contributed by atoms with Crippen LogP contribution in [-0.2, 0) is 19.1 Å². The number of halogens is 1. The lowest BCUT2D eigenvalue weighted by Crippen LogP contribution is -2.27. The number of hydrogen-bond donors (Lipinski definition) is 1. The van der Waals surface area contributed by atoms with Crippen molar-refractivity contribution in [2.24, 2.45) is 0 Å². The van der Waals surface area contributed by atoms with E-state index in [1.165, 1.54) is 14.2 Å². The topological polar surface area (TPSA) is 73.9 Å². The van der Waals surface area contributed by atoms with Crippen LogP contribution in [0, 0.1) is 0 Å². The second-order valence-corrected chi connectivity index (χ2v) is 5.46. The summed E-state index contributed by atoms with van der Waals surface area (Å²) < 4.78 is 15.1. The number of benzene rings is 2. The number of carbonyl (C=O) groups is 2. The van der Waals surface area contributed by atoms with Gasteiger partial charge in [-0.15, -0.1) is 0 Å². The number of anilines is 1. The third kappa shape index (κ3) is 5.20. The van der Waals surface area contributed by atoms with Crippen LogP contribution in [-0.4, -0.2) is 32.7 Å². The van der Waals surface area contributed by atoms with Gasteiger partial charge in [-0.3, -0.25) is 4.79 Å². The summed E-state index contributed by atoms with van der Waals surface area (Å²) in [6.45, 7) is -0.245. The van der Waals surface area contributed by atoms with Crippen LogP contribution in [0.25, 0.3) is 0 Å². The molecule has 2 rings (SSSR count). The lowest BCUT2D eigenvalue weighted by atomic mass is 10.1. The van der Waals surface area contributed by atoms with E-state index in [-0.39, 0.29) is 6.61 Å². The Kier molecular flexibility index (Phi) is 6.80. The Balaban J connectivity index is 2.20. The predicted molar refractivity (Wildman–Crippen MR) is 93.8 cm³/mol. The monoisotopic (exact) mass is 363 g/mol. The third-order valence-electron chi connectivity index (χ3n) is 3.27. The third-order valence-corrected chi connectivity index (χ3v) is 3.57. The Bertz CT molecular complexity index is 736. The van der Waals surface area contributed by atoms with Gasteiger partial charge in [0.1, 0.15) is 12.4 Å². The van der Waals surface area contributed by atoms with Crippen LogP contribution >= 0.6 is 11.6 Å². The van der Waals surface area contributed by atoms with E-state index in [0.717, 1.165) is 0 Å². The molecule has 1 atom stereocenters. The fraction of sp³-hybridized carbons (Fsp3) is 0.222. The molecule has 6 nitrogen and oxygen atoms in total. The minimum atomic E-state index is -1.11. The number of carbonyl (C=O) groups excluding carboxylic acids is 2. The summed E-state index contributed by atoms with van der Waals surface area (Å²) in [4.78, 5) is 24.4. The van der Waals surface area contributed by atoms with Crippen molar-refractivity contribution in [1.29, 1.82) is 0 Å². The SMILES string of the molecule is COCC(=O)O[C@@H](C(=O)Nc1ccc(OC)c(Cl)c1)c1ccccc1. The fourth-order valence-corrected chi connectivity index (χ4v) is 2.39. The van der Waals surface area contributed by atoms with Crippen molar-refractivity contribution in [1.82, 2.24) is 0 Å². The quantitative estimate of drug-likeness (QED) is 0.764. The summed E-state index contributed by atoms with van der Waals surface area (Å²) in [7, 11) is 2.87. The minimum Gasteiger partial charge on any atom is -0.495 e. The molecule has 7 heteroatoms. The average Bonchev–Trinajstić information content (AvgIpc) is 2.61. The Morgan fingerprint density at radius 3 is 2.44 bits per heavy atom. The van der Waals surface area contributed by atoms with E-state index < -0.39 is 18.0 Å². The number of rotatable bonds is 7. The van der Waals surface area contributed by atoms with E-state index in [1.807, 2.05) is 0 Å². The van der Waals surface area contributed by atoms with Crippen molar-refractivity contribution < 1.29 is 23.8 Å². The largest absolute Gasteiger partial charge is 0.495 e. The molecule has 0 radical (unpaired) electrons. The van der Waals surface area contributed by atoms with Gasteiger partial charge in [-0.1, -0.05) is 41.9 Å². The lowest BCUT2D eigenvalue weighted by molar-refractivity contribution is -0.158. The first-order valence-electron chi connectivity index (χ1n) is 7.43. The molecule has 132 valence electrons. The molecule has 0 heterocycles. The van der Waals surface area contributed by atoms with Gasteiger partial charge in [0.25, 0.3) is 5.91 Å². The van der Waals surface area contributed by atoms with E-state index in [0.29, 0.717) is 22.0 Å². The van der Waals surface area contributed by atoms with Crippen LogP contribution < -0.4 is 10.1 Å². The van der Waals surface area contributed by atoms with Crippen molar-refractivity contribution in [3.63, 3.8) is 0 Å². The van der Waals surface area contributed by atoms with Crippen LogP contribution in [0.4, 0.5) is 5.69 Å². The molecule has 0 saturated carbocycles. The molecule has 0 aliphatic carbocycles. The molecule has 1 N–H and O–H groups in total. The van der Waals surface area contributed by atoms with Gasteiger partial charge < -0.3 is 19.5 Å². The molecule has 0 spiro atoms. The molecule has 25 heavy (non-hydrogen) atoms. The van der Waals surface area contributed by atoms with Crippen molar-refractivity contribution in [3.8, 4) is 5.75 Å². The number of ether oxygens (including phenoxy) is 3. The highest BCUT2D eigenvalue weighted by atomic mass is 35.5. The Morgan fingerprint density at radius 1 is 1.12 bits per heavy atom. The molecule has 0 fully saturated rings. The van der Waals surface area contributed by atoms with Crippen LogP contribution in [0.5, 0.6) is 5.75 Å². The van der Waals surface area contributed by atoms with Crippen LogP contribution in [0.3, 0.4) is 0 Å². The van der Waals surface area contributed by atoms with Crippen molar-refractivity contribution >= 4 is 29.2 Å². The summed E-state index contributed by atoms with van der Waals surface area (Å²) in [5.41, 5.74) is 1.00. The molecule has 1 amide bonds. The molecule has 0 aliphatic heterocycles. The molecule has 2 aromatic carbocycles. The zero-order valence-corrected chi connectivity index (χ0v) is 14.6. The average molecular weight is 364 g/mol. The number of nitrogens with one attached hydrogen (secondary N) is 1. The van der Waals surface area contributed by atoms with Gasteiger partial charge in [0.15, 0.2) is 0 Å². The number of amides is 1. The highest BCUT2D eigenvalue weighted by Crippen LogP contribution is 2.28. The van der Waals surface area contributed by atoms with Crippen molar-refractivity contribution in [2.45, 2.75) is 6.10 Å². The second-order valence-electron chi connectivity index (χ2n) is 5.05. The van der Waals surface area contributed by atoms with Crippen molar-refractivity contribution in [2.75, 3.05) is 26.1 Å². The summed E-state index contributed by atoms with van der Waals surface area (Å²) in [6, 6.07) is 13.5. The van der Waals surface area contributed by atoms with E-state index in [4.69, 9.17) is 25.8 Å². The normalized spacial score (nSPS) is 11.5. The first-order valence-corrected chi connectivity index (χ1v) is 7.80. The minimum absolute atomic E-state index is 0.245. The zero-order chi connectivity index (χ0) is 18.2. The van der Waals surface area contributed by atoms with Gasteiger partial charge >= 0.3 is 5.97 Å². The summed E-state index contributed by atoms with van der Waals surface area (Å²) in [5, 5.41) is 3.04. The standard InChI is InChI=1S/C18H18ClNO5/c1-23-11-16(21)25-17(12-6-4-3-5-7-12)18(22)20-13-8-9-15(24-2)14(19)10-13/h3-10,17H,11H2,1-2H3,(H,20,22)/t17-/m1/s1. The number of esters is 1. The highest BCUT2D eigenvalue weighted by Gasteiger charge is 2.25. The number of methoxy groups -OCH3 is 2. The Morgan fingerprint density at radius 2 is 1.84 bits per heavy atom. The molecular weight excluding hydrogens is 346 g/mol. The maximum atomic E-state index is 12.6. The van der Waals surface area contributed by atoms with Crippen molar-refractivity contribution in [3.05, 3.63) is 59.1 Å². The van der Waals surface area contributed by atoms with E-state index in [9.17, 15) is 9.59 Å². The number of hydrogen-bond acceptors (Lipinski definition) is 5. The summed E-state index contributed by atoms with van der Waals surface area (Å²) in [5.74, 6) is -0.651. The van der Waals surface area contributed by atoms with Crippen LogP contribution in [0.15, 0.2) is 48.5 Å². The van der Waals surface area contributed by atoms with Gasteiger partial charge in [-0.25, -0.2) is 4.79 Å². The second kappa shape index (κ2) is 9.05. The maximum Gasteiger partial charge on any atom is 0.333 e. The van der Waals surface area contributed by atoms with E-state index in [2.05, 4.69) is 5.32 Å². The molecule has 0 unspecified atom stereocenters. The maximum absolute atomic E-state index is 12.6. The molecule has 0 saturated heterocycles. The first kappa shape index (κ1) is 18.8. The van der Waals surface area contributed by atoms with Crippen LogP contribution in [0.1, 0.15) is 11.7 Å². The summed E-state index contributed by atoms with van der Waals surface area (Å²) >= 11 is 6.06. The lowest BCUT2D eigenvalue weighted by Gasteiger charge is -2.18. The fourth-order valence-electron chi connectivity index (χ4n) is 2.14. The van der Waals surface area contributed by atoms with Gasteiger partial charge in [-0.2, -0.15) is 0 Å². The van der Waals surface area contributed by atoms with Gasteiger partial charge in [0.2, 0.25) is 6.10 Å². The molecule has 2 aromatic rings. The highest BCUT2D eigenvalue weighted by molar-refractivity contribution is 6.32. The summed E-state index contributed by atoms with van der Waals surface area (Å²) in [6.07, 6.45) is -1.11. The van der Waals surface area contributed by atoms with Gasteiger partial charge in [-0.05, 0) is 18.2 Å². The Hall–Kier alpha value is -2.57. The molecule has 0 bridgehead atoms. The Labute approximate surface area is 150 Å². The smallest absolute Gasteiger partial charge is 0.333 e. The molecule has 0 aromatic heterocycles. The van der Waals surface area contributed by atoms with Crippen LogP contribution in [0.2, 0.25) is 5.02 Å². The predicted octanol–water partition coefficient (Wildman–Crippen LogP) is 3.22. The van der Waals surface area contributed by atoms with E-state index in [1.54, 1.807) is 48.5 Å². The molecular formula is C18H18ClNO5. The van der Waals surface area contributed by atoms with E-state index >= 15 is 0 Å². The van der Waals surface area contributed by atoms with Gasteiger partial charge in [0.05, 0.1) is 12.1 Å². The molecule has 0 aliphatic rings.